The third-order valence-electron chi connectivity index (χ3n) is 2.54. The van der Waals surface area contributed by atoms with Gasteiger partial charge >= 0.3 is 0 Å². The van der Waals surface area contributed by atoms with Crippen molar-refractivity contribution in [3.63, 3.8) is 0 Å². The Hall–Kier alpha value is 0.0800. The van der Waals surface area contributed by atoms with Gasteiger partial charge in [-0.1, -0.05) is 11.6 Å². The summed E-state index contributed by atoms with van der Waals surface area (Å²) in [5.74, 6) is 0. The third kappa shape index (κ3) is 3.40. The molecule has 0 aliphatic rings. The Balaban J connectivity index is 2.27. The van der Waals surface area contributed by atoms with Gasteiger partial charge in [-0.15, -0.1) is 22.7 Å². The fraction of sp³-hybridized carbons (Fsp3) is 0.273. The predicted octanol–water partition coefficient (Wildman–Crippen LogP) is 4.35. The summed E-state index contributed by atoms with van der Waals surface area (Å²) < 4.78 is 27.7. The summed E-state index contributed by atoms with van der Waals surface area (Å²) >= 11 is 12.0. The van der Waals surface area contributed by atoms with Crippen LogP contribution in [-0.2, 0) is 16.6 Å². The lowest BCUT2D eigenvalue weighted by molar-refractivity contribution is 0.469. The molecule has 0 fully saturated rings. The van der Waals surface area contributed by atoms with Crippen molar-refractivity contribution in [2.75, 3.05) is 7.05 Å². The lowest BCUT2D eigenvalue weighted by Gasteiger charge is -2.16. The molecule has 2 heterocycles. The largest absolute Gasteiger partial charge is 0.244 e. The van der Waals surface area contributed by atoms with E-state index in [9.17, 15) is 8.42 Å². The number of rotatable bonds is 4. The molecule has 0 bridgehead atoms. The van der Waals surface area contributed by atoms with Crippen LogP contribution in [0, 0.1) is 6.92 Å². The highest BCUT2D eigenvalue weighted by Gasteiger charge is 2.25. The molecule has 2 aromatic rings. The molecule has 0 saturated heterocycles. The quantitative estimate of drug-likeness (QED) is 0.765. The van der Waals surface area contributed by atoms with E-state index >= 15 is 0 Å². The van der Waals surface area contributed by atoms with Crippen LogP contribution in [0.4, 0.5) is 0 Å². The first-order chi connectivity index (χ1) is 8.80. The normalized spacial score (nSPS) is 12.3. The smallest absolute Gasteiger partial charge is 0.207 e. The molecule has 0 radical (unpaired) electrons. The minimum absolute atomic E-state index is 0.326. The number of halogens is 2. The van der Waals surface area contributed by atoms with Gasteiger partial charge in [0, 0.05) is 23.3 Å². The predicted molar refractivity (Wildman–Crippen MR) is 84.7 cm³/mol. The van der Waals surface area contributed by atoms with E-state index in [1.54, 1.807) is 26.1 Å². The molecule has 0 atom stereocenters. The number of nitrogens with zero attached hydrogens (tertiary/aromatic N) is 1. The van der Waals surface area contributed by atoms with Crippen molar-refractivity contribution in [3.05, 3.63) is 36.1 Å². The van der Waals surface area contributed by atoms with Crippen LogP contribution >= 0.6 is 50.2 Å². The van der Waals surface area contributed by atoms with Crippen LogP contribution in [0.25, 0.3) is 0 Å². The van der Waals surface area contributed by atoms with Gasteiger partial charge in [0.05, 0.1) is 13.0 Å². The van der Waals surface area contributed by atoms with Crippen LogP contribution in [0.1, 0.15) is 9.75 Å². The summed E-state index contributed by atoms with van der Waals surface area (Å²) in [7, 11) is -1.88. The lowest BCUT2D eigenvalue weighted by Crippen LogP contribution is -2.26. The van der Waals surface area contributed by atoms with Gasteiger partial charge < -0.3 is 0 Å². The molecule has 3 nitrogen and oxygen atoms in total. The molecule has 0 aliphatic carbocycles. The average Bonchev–Trinajstić information content (AvgIpc) is 2.85. The Morgan fingerprint density at radius 2 is 2.05 bits per heavy atom. The zero-order valence-electron chi connectivity index (χ0n) is 10.2. The fourth-order valence-electron chi connectivity index (χ4n) is 1.60. The zero-order valence-corrected chi connectivity index (χ0v) is 15.0. The molecule has 0 unspecified atom stereocenters. The molecular formula is C11H11BrClNO2S3. The summed E-state index contributed by atoms with van der Waals surface area (Å²) in [5.41, 5.74) is 0. The van der Waals surface area contributed by atoms with Crippen molar-refractivity contribution in [2.24, 2.45) is 0 Å². The lowest BCUT2D eigenvalue weighted by atomic mass is 10.5. The molecule has 0 saturated carbocycles. The van der Waals surface area contributed by atoms with Gasteiger partial charge in [-0.3, -0.25) is 0 Å². The summed E-state index contributed by atoms with van der Waals surface area (Å²) in [4.78, 5) is 2.06. The van der Waals surface area contributed by atoms with Gasteiger partial charge in [-0.25, -0.2) is 8.42 Å². The van der Waals surface area contributed by atoms with E-state index in [1.807, 2.05) is 6.07 Å². The Morgan fingerprint density at radius 3 is 2.53 bits per heavy atom. The van der Waals surface area contributed by atoms with Crippen molar-refractivity contribution in [1.82, 2.24) is 4.31 Å². The van der Waals surface area contributed by atoms with Crippen LogP contribution in [0.15, 0.2) is 26.9 Å². The van der Waals surface area contributed by atoms with Crippen LogP contribution < -0.4 is 0 Å². The van der Waals surface area contributed by atoms with E-state index in [1.165, 1.54) is 27.0 Å². The highest BCUT2D eigenvalue weighted by Crippen LogP contribution is 2.32. The maximum Gasteiger partial charge on any atom is 0.244 e. The Bertz CT molecular complexity index is 693. The minimum Gasteiger partial charge on any atom is -0.207 e. The molecule has 2 aromatic heterocycles. The van der Waals surface area contributed by atoms with Crippen LogP contribution in [0.2, 0.25) is 4.34 Å². The second-order valence-electron chi connectivity index (χ2n) is 3.94. The summed E-state index contributed by atoms with van der Waals surface area (Å²) in [6.45, 7) is 2.13. The first-order valence-electron chi connectivity index (χ1n) is 5.27. The second kappa shape index (κ2) is 5.83. The van der Waals surface area contributed by atoms with Crippen LogP contribution in [0.3, 0.4) is 0 Å². The van der Waals surface area contributed by atoms with Crippen molar-refractivity contribution >= 4 is 60.2 Å². The molecule has 19 heavy (non-hydrogen) atoms. The van der Waals surface area contributed by atoms with E-state index < -0.39 is 10.0 Å². The summed E-state index contributed by atoms with van der Waals surface area (Å²) in [6, 6.07) is 5.26. The van der Waals surface area contributed by atoms with Crippen molar-refractivity contribution in [3.8, 4) is 0 Å². The van der Waals surface area contributed by atoms with E-state index in [4.69, 9.17) is 11.6 Å². The Morgan fingerprint density at radius 1 is 1.37 bits per heavy atom. The van der Waals surface area contributed by atoms with E-state index in [-0.39, 0.29) is 0 Å². The summed E-state index contributed by atoms with van der Waals surface area (Å²) in [5, 5.41) is 0. The average molecular weight is 401 g/mol. The molecule has 8 heteroatoms. The molecule has 0 spiro atoms. The highest BCUT2D eigenvalue weighted by atomic mass is 79.9. The molecule has 0 amide bonds. The van der Waals surface area contributed by atoms with Crippen molar-refractivity contribution in [1.29, 1.82) is 0 Å². The fourth-order valence-corrected chi connectivity index (χ4v) is 6.35. The van der Waals surface area contributed by atoms with Gasteiger partial charge in [0.25, 0.3) is 0 Å². The monoisotopic (exact) mass is 399 g/mol. The zero-order chi connectivity index (χ0) is 14.2. The van der Waals surface area contributed by atoms with Crippen LogP contribution in [0.5, 0.6) is 0 Å². The van der Waals surface area contributed by atoms with Crippen molar-refractivity contribution < 1.29 is 8.42 Å². The standard InChI is InChI=1S/C11H11BrClNO2S3/c1-7-9(5-10(12)17-7)19(15,16)14(2)6-8-3-4-11(13)18-8/h3-5H,6H2,1-2H3. The molecule has 2 rings (SSSR count). The second-order valence-corrected chi connectivity index (χ2v) is 10.4. The SMILES string of the molecule is Cc1sc(Br)cc1S(=O)(=O)N(C)Cc1ccc(Cl)s1. The third-order valence-corrected chi connectivity index (χ3v) is 7.37. The maximum atomic E-state index is 12.5. The number of hydrogen-bond donors (Lipinski definition) is 0. The van der Waals surface area contributed by atoms with E-state index in [0.29, 0.717) is 15.8 Å². The van der Waals surface area contributed by atoms with Crippen molar-refractivity contribution in [2.45, 2.75) is 18.4 Å². The topological polar surface area (TPSA) is 37.4 Å². The van der Waals surface area contributed by atoms with Gasteiger partial charge in [0.2, 0.25) is 10.0 Å². The van der Waals surface area contributed by atoms with E-state index in [0.717, 1.165) is 13.5 Å². The molecule has 0 N–H and O–H groups in total. The van der Waals surface area contributed by atoms with Gasteiger partial charge in [-0.05, 0) is 41.1 Å². The van der Waals surface area contributed by atoms with Gasteiger partial charge in [-0.2, -0.15) is 4.31 Å². The molecule has 0 aromatic carbocycles. The number of aryl methyl sites for hydroxylation is 1. The Kier molecular flexibility index (Phi) is 4.75. The highest BCUT2D eigenvalue weighted by molar-refractivity contribution is 9.11. The number of sulfonamides is 1. The molecular weight excluding hydrogens is 390 g/mol. The first kappa shape index (κ1) is 15.5. The van der Waals surface area contributed by atoms with Gasteiger partial charge in [0.15, 0.2) is 0 Å². The number of hydrogen-bond acceptors (Lipinski definition) is 4. The van der Waals surface area contributed by atoms with E-state index in [2.05, 4.69) is 15.9 Å². The molecule has 104 valence electrons. The van der Waals surface area contributed by atoms with Gasteiger partial charge in [0.1, 0.15) is 0 Å². The minimum atomic E-state index is -3.46. The Labute approximate surface area is 134 Å². The summed E-state index contributed by atoms with van der Waals surface area (Å²) in [6.07, 6.45) is 0. The molecule has 0 aliphatic heterocycles. The maximum absolute atomic E-state index is 12.5. The first-order valence-corrected chi connectivity index (χ1v) is 9.51. The van der Waals surface area contributed by atoms with Crippen LogP contribution in [-0.4, -0.2) is 19.8 Å². The number of thiophene rings is 2.